The second-order valence-electron chi connectivity index (χ2n) is 3.34. The molecule has 0 unspecified atom stereocenters. The van der Waals surface area contributed by atoms with E-state index in [9.17, 15) is 4.79 Å². The number of carbonyl (C=O) groups excluding carboxylic acids is 1. The van der Waals surface area contributed by atoms with Crippen molar-refractivity contribution in [2.45, 2.75) is 46.1 Å². The Balaban J connectivity index is 3.64. The molecule has 0 amide bonds. The Kier molecular flexibility index (Phi) is 5.12. The lowest BCUT2D eigenvalue weighted by molar-refractivity contribution is -0.121. The maximum Gasteiger partial charge on any atom is 0.149 e. The molecule has 0 aromatic carbocycles. The van der Waals surface area contributed by atoms with E-state index >= 15 is 0 Å². The van der Waals surface area contributed by atoms with Gasteiger partial charge in [0.05, 0.1) is 6.04 Å². The second-order valence-corrected chi connectivity index (χ2v) is 3.34. The fourth-order valence-corrected chi connectivity index (χ4v) is 0.889. The van der Waals surface area contributed by atoms with Crippen LogP contribution in [-0.2, 0) is 4.79 Å². The zero-order valence-electron chi connectivity index (χ0n) is 7.76. The molecule has 11 heavy (non-hydrogen) atoms. The Labute approximate surface area is 69.2 Å². The van der Waals surface area contributed by atoms with E-state index in [-0.39, 0.29) is 17.7 Å². The molecule has 0 saturated heterocycles. The van der Waals surface area contributed by atoms with Crippen molar-refractivity contribution in [1.29, 1.82) is 0 Å². The fraction of sp³-hybridized carbons (Fsp3) is 0.889. The predicted octanol–water partition coefficient (Wildman–Crippen LogP) is 1.73. The normalized spacial score (nSPS) is 13.5. The SMILES string of the molecule is CCCCC(=O)[C@@H](N)C(C)C. The van der Waals surface area contributed by atoms with Gasteiger partial charge in [0.15, 0.2) is 0 Å². The molecule has 0 aliphatic carbocycles. The molecule has 2 N–H and O–H groups in total. The molecule has 2 nitrogen and oxygen atoms in total. The molecule has 2 heteroatoms. The summed E-state index contributed by atoms with van der Waals surface area (Å²) in [6.07, 6.45) is 2.69. The zero-order chi connectivity index (χ0) is 8.85. The first-order valence-electron chi connectivity index (χ1n) is 4.37. The van der Waals surface area contributed by atoms with Crippen LogP contribution in [0.3, 0.4) is 0 Å². The highest BCUT2D eigenvalue weighted by Gasteiger charge is 2.15. The second kappa shape index (κ2) is 5.30. The number of ketones is 1. The van der Waals surface area contributed by atoms with Gasteiger partial charge in [0.25, 0.3) is 0 Å². The lowest BCUT2D eigenvalue weighted by Gasteiger charge is -2.13. The summed E-state index contributed by atoms with van der Waals surface area (Å²) in [5.41, 5.74) is 5.65. The van der Waals surface area contributed by atoms with E-state index in [4.69, 9.17) is 5.73 Å². The molecule has 0 rings (SSSR count). The van der Waals surface area contributed by atoms with Crippen LogP contribution in [0, 0.1) is 5.92 Å². The summed E-state index contributed by atoms with van der Waals surface area (Å²) in [5.74, 6) is 0.487. The highest BCUT2D eigenvalue weighted by molar-refractivity contribution is 5.83. The lowest BCUT2D eigenvalue weighted by atomic mass is 9.98. The average molecular weight is 157 g/mol. The summed E-state index contributed by atoms with van der Waals surface area (Å²) >= 11 is 0. The van der Waals surface area contributed by atoms with E-state index in [1.165, 1.54) is 0 Å². The topological polar surface area (TPSA) is 43.1 Å². The van der Waals surface area contributed by atoms with Crippen molar-refractivity contribution in [2.75, 3.05) is 0 Å². The number of Topliss-reactive ketones (excluding diaryl/α,β-unsaturated/α-hetero) is 1. The number of hydrogen-bond acceptors (Lipinski definition) is 2. The van der Waals surface area contributed by atoms with E-state index in [0.29, 0.717) is 6.42 Å². The predicted molar refractivity (Wildman–Crippen MR) is 47.3 cm³/mol. The van der Waals surface area contributed by atoms with Crippen LogP contribution >= 0.6 is 0 Å². The Morgan fingerprint density at radius 1 is 1.45 bits per heavy atom. The van der Waals surface area contributed by atoms with Crippen LogP contribution in [0.2, 0.25) is 0 Å². The van der Waals surface area contributed by atoms with Gasteiger partial charge in [0, 0.05) is 6.42 Å². The van der Waals surface area contributed by atoms with E-state index in [0.717, 1.165) is 12.8 Å². The van der Waals surface area contributed by atoms with E-state index in [1.807, 2.05) is 13.8 Å². The van der Waals surface area contributed by atoms with Crippen LogP contribution in [0.25, 0.3) is 0 Å². The quantitative estimate of drug-likeness (QED) is 0.660. The Bertz CT molecular complexity index is 121. The third kappa shape index (κ3) is 4.14. The molecule has 0 aliphatic heterocycles. The first kappa shape index (κ1) is 10.6. The zero-order valence-corrected chi connectivity index (χ0v) is 7.76. The minimum absolute atomic E-state index is 0.210. The van der Waals surface area contributed by atoms with E-state index in [2.05, 4.69) is 6.92 Å². The largest absolute Gasteiger partial charge is 0.321 e. The molecule has 0 heterocycles. The van der Waals surface area contributed by atoms with E-state index in [1.54, 1.807) is 0 Å². The number of rotatable bonds is 5. The molecule has 0 radical (unpaired) electrons. The van der Waals surface area contributed by atoms with Crippen LogP contribution in [-0.4, -0.2) is 11.8 Å². The molecule has 0 spiro atoms. The van der Waals surface area contributed by atoms with Gasteiger partial charge < -0.3 is 5.73 Å². The molecule has 0 bridgehead atoms. The standard InChI is InChI=1S/C9H19NO/c1-4-5-6-8(11)9(10)7(2)3/h7,9H,4-6,10H2,1-3H3/t9-/m0/s1. The van der Waals surface area contributed by atoms with Crippen molar-refractivity contribution in [3.63, 3.8) is 0 Å². The molecule has 1 atom stereocenters. The van der Waals surface area contributed by atoms with Crippen molar-refractivity contribution in [1.82, 2.24) is 0 Å². The van der Waals surface area contributed by atoms with Crippen LogP contribution in [0.4, 0.5) is 0 Å². The van der Waals surface area contributed by atoms with Crippen LogP contribution in [0.15, 0.2) is 0 Å². The van der Waals surface area contributed by atoms with Gasteiger partial charge in [-0.3, -0.25) is 4.79 Å². The smallest absolute Gasteiger partial charge is 0.149 e. The first-order valence-corrected chi connectivity index (χ1v) is 4.37. The first-order chi connectivity index (χ1) is 5.09. The van der Waals surface area contributed by atoms with Gasteiger partial charge in [0.1, 0.15) is 5.78 Å². The number of carbonyl (C=O) groups is 1. The minimum Gasteiger partial charge on any atom is -0.321 e. The molecule has 0 fully saturated rings. The molecule has 0 aliphatic rings. The Morgan fingerprint density at radius 3 is 2.36 bits per heavy atom. The van der Waals surface area contributed by atoms with Crippen molar-refractivity contribution in [3.05, 3.63) is 0 Å². The molecule has 0 aromatic heterocycles. The molecule has 66 valence electrons. The summed E-state index contributed by atoms with van der Waals surface area (Å²) in [4.78, 5) is 11.2. The summed E-state index contributed by atoms with van der Waals surface area (Å²) in [7, 11) is 0. The number of hydrogen-bond donors (Lipinski definition) is 1. The summed E-state index contributed by atoms with van der Waals surface area (Å²) in [6, 6.07) is -0.249. The van der Waals surface area contributed by atoms with Gasteiger partial charge in [-0.25, -0.2) is 0 Å². The third-order valence-corrected chi connectivity index (χ3v) is 1.87. The van der Waals surface area contributed by atoms with Crippen molar-refractivity contribution >= 4 is 5.78 Å². The molecular weight excluding hydrogens is 138 g/mol. The third-order valence-electron chi connectivity index (χ3n) is 1.87. The van der Waals surface area contributed by atoms with Crippen LogP contribution < -0.4 is 5.73 Å². The summed E-state index contributed by atoms with van der Waals surface area (Å²) < 4.78 is 0. The van der Waals surface area contributed by atoms with Crippen LogP contribution in [0.1, 0.15) is 40.0 Å². The number of unbranched alkanes of at least 4 members (excludes halogenated alkanes) is 1. The maximum atomic E-state index is 11.2. The minimum atomic E-state index is -0.249. The monoisotopic (exact) mass is 157 g/mol. The van der Waals surface area contributed by atoms with Gasteiger partial charge >= 0.3 is 0 Å². The summed E-state index contributed by atoms with van der Waals surface area (Å²) in [5, 5.41) is 0. The van der Waals surface area contributed by atoms with Crippen molar-refractivity contribution in [2.24, 2.45) is 11.7 Å². The van der Waals surface area contributed by atoms with Crippen LogP contribution in [0.5, 0.6) is 0 Å². The highest BCUT2D eigenvalue weighted by atomic mass is 16.1. The van der Waals surface area contributed by atoms with Gasteiger partial charge in [-0.05, 0) is 12.3 Å². The fourth-order valence-electron chi connectivity index (χ4n) is 0.889. The highest BCUT2D eigenvalue weighted by Crippen LogP contribution is 2.04. The lowest BCUT2D eigenvalue weighted by Crippen LogP contribution is -2.35. The Hall–Kier alpha value is -0.370. The molecule has 0 aromatic rings. The maximum absolute atomic E-state index is 11.2. The average Bonchev–Trinajstić information content (AvgIpc) is 1.98. The van der Waals surface area contributed by atoms with Crippen molar-refractivity contribution in [3.8, 4) is 0 Å². The Morgan fingerprint density at radius 2 is 2.00 bits per heavy atom. The molecular formula is C9H19NO. The number of nitrogens with two attached hydrogens (primary N) is 1. The van der Waals surface area contributed by atoms with Gasteiger partial charge in [-0.1, -0.05) is 27.2 Å². The van der Waals surface area contributed by atoms with Crippen molar-refractivity contribution < 1.29 is 4.79 Å². The summed E-state index contributed by atoms with van der Waals surface area (Å²) in [6.45, 7) is 6.04. The van der Waals surface area contributed by atoms with Gasteiger partial charge in [0.2, 0.25) is 0 Å². The van der Waals surface area contributed by atoms with E-state index < -0.39 is 0 Å². The van der Waals surface area contributed by atoms with Gasteiger partial charge in [-0.2, -0.15) is 0 Å². The van der Waals surface area contributed by atoms with Gasteiger partial charge in [-0.15, -0.1) is 0 Å². The molecule has 0 saturated carbocycles.